The van der Waals surface area contributed by atoms with E-state index >= 15 is 0 Å². The summed E-state index contributed by atoms with van der Waals surface area (Å²) in [4.78, 5) is 16.8. The van der Waals surface area contributed by atoms with Gasteiger partial charge in [0.05, 0.1) is 22.0 Å². The molecule has 160 valence electrons. The third-order valence-corrected chi connectivity index (χ3v) is 7.76. The molecule has 2 aromatic carbocycles. The number of amides is 1. The molecule has 2 saturated heterocycles. The molecular formula is C21H23ClFN3O3S. The van der Waals surface area contributed by atoms with Crippen molar-refractivity contribution >= 4 is 38.9 Å². The zero-order valence-corrected chi connectivity index (χ0v) is 18.0. The van der Waals surface area contributed by atoms with Crippen LogP contribution in [0.25, 0.3) is 0 Å². The van der Waals surface area contributed by atoms with Gasteiger partial charge in [0.1, 0.15) is 5.82 Å². The van der Waals surface area contributed by atoms with E-state index in [4.69, 9.17) is 11.6 Å². The van der Waals surface area contributed by atoms with Gasteiger partial charge in [-0.15, -0.1) is 0 Å². The molecule has 2 aliphatic heterocycles. The Morgan fingerprint density at radius 1 is 0.900 bits per heavy atom. The number of sulfonamides is 1. The van der Waals surface area contributed by atoms with E-state index in [2.05, 4.69) is 4.90 Å². The van der Waals surface area contributed by atoms with Crippen LogP contribution in [0.2, 0.25) is 5.02 Å². The van der Waals surface area contributed by atoms with Crippen molar-refractivity contribution in [1.82, 2.24) is 4.90 Å². The zero-order chi connectivity index (χ0) is 21.3. The minimum absolute atomic E-state index is 0.129. The Bertz CT molecular complexity index is 1040. The van der Waals surface area contributed by atoms with Crippen molar-refractivity contribution in [3.8, 4) is 0 Å². The monoisotopic (exact) mass is 451 g/mol. The molecule has 0 radical (unpaired) electrons. The average molecular weight is 452 g/mol. The summed E-state index contributed by atoms with van der Waals surface area (Å²) in [5.74, 6) is -0.321. The second kappa shape index (κ2) is 8.43. The largest absolute Gasteiger partial charge is 0.368 e. The molecule has 0 N–H and O–H groups in total. The fourth-order valence-corrected chi connectivity index (χ4v) is 5.79. The van der Waals surface area contributed by atoms with E-state index in [1.807, 2.05) is 0 Å². The second-order valence-corrected chi connectivity index (χ2v) is 9.94. The van der Waals surface area contributed by atoms with Gasteiger partial charge >= 0.3 is 0 Å². The van der Waals surface area contributed by atoms with Crippen molar-refractivity contribution in [2.24, 2.45) is 0 Å². The van der Waals surface area contributed by atoms with Crippen molar-refractivity contribution in [2.45, 2.75) is 12.8 Å². The summed E-state index contributed by atoms with van der Waals surface area (Å²) in [5.41, 5.74) is 1.79. The maximum absolute atomic E-state index is 13.1. The highest BCUT2D eigenvalue weighted by Gasteiger charge is 2.28. The van der Waals surface area contributed by atoms with E-state index in [9.17, 15) is 17.6 Å². The highest BCUT2D eigenvalue weighted by Crippen LogP contribution is 2.29. The summed E-state index contributed by atoms with van der Waals surface area (Å²) in [7, 11) is -3.33. The van der Waals surface area contributed by atoms with E-state index in [-0.39, 0.29) is 22.5 Å². The van der Waals surface area contributed by atoms with Crippen LogP contribution in [0.5, 0.6) is 0 Å². The van der Waals surface area contributed by atoms with Crippen molar-refractivity contribution in [3.05, 3.63) is 58.9 Å². The van der Waals surface area contributed by atoms with Crippen LogP contribution in [-0.2, 0) is 10.0 Å². The lowest BCUT2D eigenvalue weighted by molar-refractivity contribution is 0.0747. The molecule has 0 unspecified atom stereocenters. The second-order valence-electron chi connectivity index (χ2n) is 7.52. The molecule has 2 aliphatic rings. The Morgan fingerprint density at radius 2 is 1.57 bits per heavy atom. The molecular weight excluding hydrogens is 429 g/mol. The zero-order valence-electron chi connectivity index (χ0n) is 16.4. The standard InChI is InChI=1S/C21H23ClFN3O3S/c22-20-15-18(26-9-1-2-14-30(26,28)29)7-8-19(20)21(27)25-12-10-24(11-13-25)17-5-3-16(23)4-6-17/h3-8,15H,1-2,9-14H2. The Hall–Kier alpha value is -2.32. The minimum atomic E-state index is -3.33. The molecule has 30 heavy (non-hydrogen) atoms. The van der Waals surface area contributed by atoms with Gasteiger partial charge in [-0.25, -0.2) is 12.8 Å². The molecule has 0 spiro atoms. The van der Waals surface area contributed by atoms with Crippen molar-refractivity contribution in [1.29, 1.82) is 0 Å². The number of nitrogens with zero attached hydrogens (tertiary/aromatic N) is 3. The Kier molecular flexibility index (Phi) is 5.88. The van der Waals surface area contributed by atoms with Gasteiger partial charge in [0.25, 0.3) is 5.91 Å². The third kappa shape index (κ3) is 4.25. The first kappa shape index (κ1) is 20.9. The molecule has 2 heterocycles. The number of carbonyl (C=O) groups is 1. The first-order valence-corrected chi connectivity index (χ1v) is 11.9. The normalized spacial score (nSPS) is 19.1. The van der Waals surface area contributed by atoms with Gasteiger partial charge in [0.2, 0.25) is 10.0 Å². The lowest BCUT2D eigenvalue weighted by atomic mass is 10.1. The summed E-state index contributed by atoms with van der Waals surface area (Å²) in [5, 5.41) is 0.249. The number of halogens is 2. The molecule has 6 nitrogen and oxygen atoms in total. The predicted octanol–water partition coefficient (Wildman–Crippen LogP) is 3.37. The number of rotatable bonds is 3. The number of carbonyl (C=O) groups excluding carboxylic acids is 1. The predicted molar refractivity (Wildman–Crippen MR) is 116 cm³/mol. The first-order chi connectivity index (χ1) is 14.3. The van der Waals surface area contributed by atoms with E-state index < -0.39 is 10.0 Å². The van der Waals surface area contributed by atoms with Crippen molar-refractivity contribution in [2.75, 3.05) is 47.7 Å². The van der Waals surface area contributed by atoms with Gasteiger partial charge in [0, 0.05) is 38.4 Å². The molecule has 0 atom stereocenters. The number of hydrogen-bond acceptors (Lipinski definition) is 4. The molecule has 4 rings (SSSR count). The van der Waals surface area contributed by atoms with Gasteiger partial charge in [-0.2, -0.15) is 0 Å². The smallest absolute Gasteiger partial charge is 0.255 e. The molecule has 0 bridgehead atoms. The summed E-state index contributed by atoms with van der Waals surface area (Å²) < 4.78 is 39.1. The van der Waals surface area contributed by atoms with Crippen LogP contribution in [0.1, 0.15) is 23.2 Å². The fraction of sp³-hybridized carbons (Fsp3) is 0.381. The molecule has 2 fully saturated rings. The summed E-state index contributed by atoms with van der Waals surface area (Å²) >= 11 is 6.38. The van der Waals surface area contributed by atoms with Crippen LogP contribution in [0.4, 0.5) is 15.8 Å². The number of anilines is 2. The van der Waals surface area contributed by atoms with Gasteiger partial charge < -0.3 is 9.80 Å². The Balaban J connectivity index is 1.44. The van der Waals surface area contributed by atoms with Gasteiger partial charge in [-0.05, 0) is 55.3 Å². The Labute approximate surface area is 180 Å². The molecule has 1 amide bonds. The number of piperazine rings is 1. The average Bonchev–Trinajstić information content (AvgIpc) is 2.74. The van der Waals surface area contributed by atoms with Gasteiger partial charge in [0.15, 0.2) is 0 Å². The summed E-state index contributed by atoms with van der Waals surface area (Å²) in [6.45, 7) is 2.75. The molecule has 0 aliphatic carbocycles. The fourth-order valence-electron chi connectivity index (χ4n) is 3.90. The Morgan fingerprint density at radius 3 is 2.20 bits per heavy atom. The number of hydrogen-bond donors (Lipinski definition) is 0. The van der Waals surface area contributed by atoms with Gasteiger partial charge in [-0.1, -0.05) is 11.6 Å². The van der Waals surface area contributed by atoms with E-state index in [0.29, 0.717) is 50.4 Å². The SMILES string of the molecule is O=C(c1ccc(N2CCCCS2(=O)=O)cc1Cl)N1CCN(c2ccc(F)cc2)CC1. The van der Waals surface area contributed by atoms with Crippen molar-refractivity contribution < 1.29 is 17.6 Å². The van der Waals surface area contributed by atoms with Crippen LogP contribution in [0.15, 0.2) is 42.5 Å². The molecule has 2 aromatic rings. The maximum Gasteiger partial charge on any atom is 0.255 e. The first-order valence-electron chi connectivity index (χ1n) is 9.95. The van der Waals surface area contributed by atoms with Crippen LogP contribution in [-0.4, -0.2) is 57.7 Å². The molecule has 9 heteroatoms. The number of benzene rings is 2. The third-order valence-electron chi connectivity index (χ3n) is 5.58. The summed E-state index contributed by atoms with van der Waals surface area (Å²) in [6.07, 6.45) is 1.46. The van der Waals surface area contributed by atoms with Crippen LogP contribution >= 0.6 is 11.6 Å². The maximum atomic E-state index is 13.1. The molecule has 0 saturated carbocycles. The summed E-state index contributed by atoms with van der Waals surface area (Å²) in [6, 6.07) is 11.1. The lowest BCUT2D eigenvalue weighted by Crippen LogP contribution is -2.48. The van der Waals surface area contributed by atoms with Crippen LogP contribution < -0.4 is 9.21 Å². The topological polar surface area (TPSA) is 60.9 Å². The van der Waals surface area contributed by atoms with E-state index in [1.54, 1.807) is 35.2 Å². The highest BCUT2D eigenvalue weighted by molar-refractivity contribution is 7.92. The van der Waals surface area contributed by atoms with E-state index in [0.717, 1.165) is 12.1 Å². The highest BCUT2D eigenvalue weighted by atomic mass is 35.5. The van der Waals surface area contributed by atoms with Gasteiger partial charge in [-0.3, -0.25) is 9.10 Å². The van der Waals surface area contributed by atoms with E-state index in [1.165, 1.54) is 16.4 Å². The van der Waals surface area contributed by atoms with Crippen LogP contribution in [0, 0.1) is 5.82 Å². The minimum Gasteiger partial charge on any atom is -0.368 e. The molecule has 0 aromatic heterocycles. The van der Waals surface area contributed by atoms with Crippen molar-refractivity contribution in [3.63, 3.8) is 0 Å². The van der Waals surface area contributed by atoms with Crippen LogP contribution in [0.3, 0.4) is 0 Å². The lowest BCUT2D eigenvalue weighted by Gasteiger charge is -2.36. The quantitative estimate of drug-likeness (QED) is 0.717.